The van der Waals surface area contributed by atoms with Crippen LogP contribution in [0.3, 0.4) is 0 Å². The lowest BCUT2D eigenvalue weighted by Crippen LogP contribution is -2.38. The van der Waals surface area contributed by atoms with E-state index in [-0.39, 0.29) is 18.1 Å². The highest BCUT2D eigenvalue weighted by atomic mass is 32.2. The van der Waals surface area contributed by atoms with Gasteiger partial charge in [-0.2, -0.15) is 0 Å². The molecule has 1 N–H and O–H groups in total. The molecule has 1 aromatic rings. The van der Waals surface area contributed by atoms with Gasteiger partial charge in [-0.3, -0.25) is 9.79 Å². The molecule has 5 nitrogen and oxygen atoms in total. The zero-order valence-corrected chi connectivity index (χ0v) is 12.0. The van der Waals surface area contributed by atoms with Gasteiger partial charge < -0.3 is 14.8 Å². The molecule has 0 radical (unpaired) electrons. The van der Waals surface area contributed by atoms with Gasteiger partial charge in [0.25, 0.3) is 0 Å². The van der Waals surface area contributed by atoms with E-state index < -0.39 is 0 Å². The molecule has 0 fully saturated rings. The molecule has 0 aromatic heterocycles. The molecule has 2 heterocycles. The Labute approximate surface area is 121 Å². The van der Waals surface area contributed by atoms with Crippen LogP contribution in [0, 0.1) is 0 Å². The molecule has 0 bridgehead atoms. The predicted molar refractivity (Wildman–Crippen MR) is 78.5 cm³/mol. The molecule has 1 amide bonds. The molecule has 6 heteroatoms. The summed E-state index contributed by atoms with van der Waals surface area (Å²) < 4.78 is 11.5. The van der Waals surface area contributed by atoms with Gasteiger partial charge in [0.1, 0.15) is 12.7 Å². The van der Waals surface area contributed by atoms with E-state index in [4.69, 9.17) is 9.47 Å². The first kappa shape index (κ1) is 13.3. The molecule has 1 aromatic carbocycles. The van der Waals surface area contributed by atoms with Crippen LogP contribution in [-0.4, -0.2) is 35.6 Å². The number of thioether (sulfide) groups is 1. The van der Waals surface area contributed by atoms with Crippen LogP contribution < -0.4 is 14.8 Å². The summed E-state index contributed by atoms with van der Waals surface area (Å²) in [6.45, 7) is 2.45. The van der Waals surface area contributed by atoms with Crippen LogP contribution in [0.15, 0.2) is 29.3 Å². The number of nitrogens with one attached hydrogen (secondary N) is 1. The number of carbonyl (C=O) groups is 1. The Morgan fingerprint density at radius 1 is 1.40 bits per heavy atom. The number of amidine groups is 1. The van der Waals surface area contributed by atoms with Gasteiger partial charge in [0.05, 0.1) is 6.04 Å². The topological polar surface area (TPSA) is 59.9 Å². The van der Waals surface area contributed by atoms with Gasteiger partial charge in [-0.05, 0) is 19.1 Å². The van der Waals surface area contributed by atoms with Gasteiger partial charge in [0.2, 0.25) is 5.91 Å². The molecule has 3 rings (SSSR count). The molecule has 2 aliphatic rings. The predicted octanol–water partition coefficient (Wildman–Crippen LogP) is 1.82. The molecular formula is C14H16N2O3S. The van der Waals surface area contributed by atoms with Crippen LogP contribution in [0.2, 0.25) is 0 Å². The minimum absolute atomic E-state index is 0.0289. The summed E-state index contributed by atoms with van der Waals surface area (Å²) in [7, 11) is 0. The lowest BCUT2D eigenvalue weighted by Gasteiger charge is -2.26. The van der Waals surface area contributed by atoms with Gasteiger partial charge in [-0.25, -0.2) is 0 Å². The van der Waals surface area contributed by atoms with E-state index in [9.17, 15) is 4.79 Å². The Hall–Kier alpha value is -1.69. The lowest BCUT2D eigenvalue weighted by molar-refractivity contribution is -0.120. The van der Waals surface area contributed by atoms with Crippen molar-refractivity contribution in [3.05, 3.63) is 24.3 Å². The summed E-state index contributed by atoms with van der Waals surface area (Å²) >= 11 is 1.50. The van der Waals surface area contributed by atoms with Gasteiger partial charge in [-0.15, -0.1) is 0 Å². The number of nitrogens with zero attached hydrogens (tertiary/aromatic N) is 1. The van der Waals surface area contributed by atoms with E-state index in [1.165, 1.54) is 11.8 Å². The van der Waals surface area contributed by atoms with Crippen LogP contribution in [0.5, 0.6) is 11.5 Å². The fourth-order valence-electron chi connectivity index (χ4n) is 2.11. The Morgan fingerprint density at radius 2 is 2.20 bits per heavy atom. The Balaban J connectivity index is 1.57. The molecule has 0 saturated heterocycles. The van der Waals surface area contributed by atoms with Crippen LogP contribution >= 0.6 is 11.8 Å². The Morgan fingerprint density at radius 3 is 3.00 bits per heavy atom. The number of amides is 1. The van der Waals surface area contributed by atoms with Gasteiger partial charge >= 0.3 is 0 Å². The number of benzene rings is 1. The molecular weight excluding hydrogens is 276 g/mol. The number of hydrogen-bond donors (Lipinski definition) is 1. The quantitative estimate of drug-likeness (QED) is 0.903. The van der Waals surface area contributed by atoms with Crippen molar-refractivity contribution in [3.63, 3.8) is 0 Å². The average molecular weight is 292 g/mol. The lowest BCUT2D eigenvalue weighted by atomic mass is 10.2. The van der Waals surface area contributed by atoms with Gasteiger partial charge in [-0.1, -0.05) is 23.9 Å². The fourth-order valence-corrected chi connectivity index (χ4v) is 3.06. The Kier molecular flexibility index (Phi) is 3.82. The third-order valence-corrected chi connectivity index (χ3v) is 4.06. The smallest absolute Gasteiger partial charge is 0.228 e. The Bertz CT molecular complexity index is 547. The minimum Gasteiger partial charge on any atom is -0.486 e. The number of rotatable bonds is 2. The first-order valence-corrected chi connectivity index (χ1v) is 7.58. The third kappa shape index (κ3) is 3.07. The maximum Gasteiger partial charge on any atom is 0.228 e. The maximum atomic E-state index is 11.4. The first-order valence-electron chi connectivity index (χ1n) is 6.59. The SMILES string of the molecule is CC1CC(=O)NC(SCC2COc3ccccc3O2)=N1. The van der Waals surface area contributed by atoms with E-state index in [2.05, 4.69) is 10.3 Å². The van der Waals surface area contributed by atoms with E-state index in [0.29, 0.717) is 23.9 Å². The molecule has 2 unspecified atom stereocenters. The van der Waals surface area contributed by atoms with Crippen LogP contribution in [0.25, 0.3) is 0 Å². The average Bonchev–Trinajstić information content (AvgIpc) is 2.44. The van der Waals surface area contributed by atoms with Crippen LogP contribution in [0.1, 0.15) is 13.3 Å². The number of aliphatic imine (C=N–C) groups is 1. The van der Waals surface area contributed by atoms with Gasteiger partial charge in [0, 0.05) is 12.2 Å². The van der Waals surface area contributed by atoms with Crippen molar-refractivity contribution in [3.8, 4) is 11.5 Å². The molecule has 0 saturated carbocycles. The highest BCUT2D eigenvalue weighted by Crippen LogP contribution is 2.31. The third-order valence-electron chi connectivity index (χ3n) is 3.04. The second kappa shape index (κ2) is 5.75. The maximum absolute atomic E-state index is 11.4. The molecule has 2 aliphatic heterocycles. The summed E-state index contributed by atoms with van der Waals surface area (Å²) in [5.74, 6) is 2.28. The highest BCUT2D eigenvalue weighted by molar-refractivity contribution is 8.13. The van der Waals surface area contributed by atoms with Gasteiger partial charge in [0.15, 0.2) is 16.7 Å². The van der Waals surface area contributed by atoms with Crippen molar-refractivity contribution >= 4 is 22.8 Å². The van der Waals surface area contributed by atoms with Crippen molar-refractivity contribution in [1.82, 2.24) is 5.32 Å². The van der Waals surface area contributed by atoms with E-state index in [1.54, 1.807) is 0 Å². The largest absolute Gasteiger partial charge is 0.486 e. The van der Waals surface area contributed by atoms with E-state index in [1.807, 2.05) is 31.2 Å². The second-order valence-corrected chi connectivity index (χ2v) is 5.85. The summed E-state index contributed by atoms with van der Waals surface area (Å²) in [4.78, 5) is 15.9. The zero-order valence-electron chi connectivity index (χ0n) is 11.2. The molecule has 0 aliphatic carbocycles. The normalized spacial score (nSPS) is 24.9. The molecule has 20 heavy (non-hydrogen) atoms. The van der Waals surface area contributed by atoms with Crippen molar-refractivity contribution < 1.29 is 14.3 Å². The van der Waals surface area contributed by atoms with Crippen molar-refractivity contribution in [2.24, 2.45) is 4.99 Å². The minimum atomic E-state index is -0.0354. The number of carbonyl (C=O) groups excluding carboxylic acids is 1. The summed E-state index contributed by atoms with van der Waals surface area (Å²) in [6.07, 6.45) is 0.423. The van der Waals surface area contributed by atoms with Crippen molar-refractivity contribution in [2.75, 3.05) is 12.4 Å². The first-order chi connectivity index (χ1) is 9.70. The van der Waals surface area contributed by atoms with E-state index in [0.717, 1.165) is 11.5 Å². The second-order valence-electron chi connectivity index (χ2n) is 4.84. The molecule has 106 valence electrons. The van der Waals surface area contributed by atoms with Crippen molar-refractivity contribution in [2.45, 2.75) is 25.5 Å². The highest BCUT2D eigenvalue weighted by Gasteiger charge is 2.23. The molecule has 0 spiro atoms. The number of para-hydroxylation sites is 2. The summed E-state index contributed by atoms with van der Waals surface area (Å²) in [5.41, 5.74) is 0. The number of hydrogen-bond acceptors (Lipinski definition) is 5. The monoisotopic (exact) mass is 292 g/mol. The number of ether oxygens (including phenoxy) is 2. The van der Waals surface area contributed by atoms with Crippen molar-refractivity contribution in [1.29, 1.82) is 0 Å². The summed E-state index contributed by atoms with van der Waals surface area (Å²) in [5, 5.41) is 3.46. The zero-order chi connectivity index (χ0) is 13.9. The fraction of sp³-hybridized carbons (Fsp3) is 0.429. The standard InChI is InChI=1S/C14H16N2O3S/c1-9-6-13(17)16-14(15-9)20-8-10-7-18-11-4-2-3-5-12(11)19-10/h2-5,9-10H,6-8H2,1H3,(H,15,16,17). The van der Waals surface area contributed by atoms with E-state index >= 15 is 0 Å². The molecule has 2 atom stereocenters. The van der Waals surface area contributed by atoms with Crippen LogP contribution in [0.4, 0.5) is 0 Å². The summed E-state index contributed by atoms with van der Waals surface area (Å²) in [6, 6.07) is 7.69. The number of fused-ring (bicyclic) bond motifs is 1. The van der Waals surface area contributed by atoms with Crippen LogP contribution in [-0.2, 0) is 4.79 Å².